The molecule has 0 bridgehead atoms. The van der Waals surface area contributed by atoms with Gasteiger partial charge in [0.1, 0.15) is 9.76 Å². The Morgan fingerprint density at radius 1 is 0.875 bits per heavy atom. The SMILES string of the molecule is C[SiH2]O[SiH](C)O[SiH](C)O[SiH](C)O[Si](C)(C)C. The average Bonchev–Trinajstić information content (AvgIpc) is 1.98. The lowest BCUT2D eigenvalue weighted by atomic mass is 11.8. The van der Waals surface area contributed by atoms with Crippen molar-refractivity contribution in [3.63, 3.8) is 0 Å². The van der Waals surface area contributed by atoms with Crippen molar-refractivity contribution in [3.8, 4) is 0 Å². The van der Waals surface area contributed by atoms with Gasteiger partial charge in [0.15, 0.2) is 8.32 Å². The summed E-state index contributed by atoms with van der Waals surface area (Å²) in [6.45, 7) is 14.9. The van der Waals surface area contributed by atoms with Crippen molar-refractivity contribution in [3.05, 3.63) is 0 Å². The monoisotopic (exact) mass is 314 g/mol. The molecule has 0 aliphatic carbocycles. The van der Waals surface area contributed by atoms with E-state index in [0.29, 0.717) is 0 Å². The van der Waals surface area contributed by atoms with Crippen LogP contribution in [0.2, 0.25) is 45.8 Å². The van der Waals surface area contributed by atoms with Gasteiger partial charge in [-0.3, -0.25) is 0 Å². The highest BCUT2D eigenvalue weighted by Gasteiger charge is 2.23. The van der Waals surface area contributed by atoms with Crippen LogP contribution < -0.4 is 0 Å². The molecule has 0 N–H and O–H groups in total. The van der Waals surface area contributed by atoms with E-state index < -0.39 is 36.2 Å². The predicted octanol–water partition coefficient (Wildman–Crippen LogP) is 0.570. The Bertz CT molecular complexity index is 188. The quantitative estimate of drug-likeness (QED) is 0.614. The number of hydrogen-bond acceptors (Lipinski definition) is 4. The highest BCUT2D eigenvalue weighted by molar-refractivity contribution is 6.77. The van der Waals surface area contributed by atoms with Crippen LogP contribution in [0.15, 0.2) is 0 Å². The van der Waals surface area contributed by atoms with E-state index in [9.17, 15) is 0 Å². The van der Waals surface area contributed by atoms with Gasteiger partial charge in [-0.25, -0.2) is 0 Å². The molecular formula is C7H26O4Si5. The summed E-state index contributed by atoms with van der Waals surface area (Å²) in [4.78, 5) is 0. The minimum atomic E-state index is -1.52. The molecule has 0 fully saturated rings. The molecule has 0 rings (SSSR count). The summed E-state index contributed by atoms with van der Waals surface area (Å²) >= 11 is 0. The van der Waals surface area contributed by atoms with Gasteiger partial charge in [-0.1, -0.05) is 6.55 Å². The van der Waals surface area contributed by atoms with Gasteiger partial charge in [0.25, 0.3) is 27.9 Å². The predicted molar refractivity (Wildman–Crippen MR) is 81.1 cm³/mol. The van der Waals surface area contributed by atoms with Crippen LogP contribution in [0.3, 0.4) is 0 Å². The fraction of sp³-hybridized carbons (Fsp3) is 1.00. The first-order valence-electron chi connectivity index (χ1n) is 5.85. The van der Waals surface area contributed by atoms with Crippen molar-refractivity contribution in [1.29, 1.82) is 0 Å². The summed E-state index contributed by atoms with van der Waals surface area (Å²) in [5.74, 6) is 0. The maximum Gasteiger partial charge on any atom is 0.300 e. The molecule has 0 aliphatic heterocycles. The normalized spacial score (nSPS) is 18.9. The van der Waals surface area contributed by atoms with Crippen LogP contribution in [0, 0.1) is 0 Å². The van der Waals surface area contributed by atoms with Gasteiger partial charge in [-0.2, -0.15) is 0 Å². The first-order chi connectivity index (χ1) is 7.24. The lowest BCUT2D eigenvalue weighted by Gasteiger charge is -2.26. The van der Waals surface area contributed by atoms with Crippen LogP contribution in [0.5, 0.6) is 0 Å². The Labute approximate surface area is 108 Å². The Morgan fingerprint density at radius 2 is 1.38 bits per heavy atom. The minimum Gasteiger partial charge on any atom is -0.444 e. The molecule has 3 unspecified atom stereocenters. The Kier molecular flexibility index (Phi) is 8.57. The average molecular weight is 315 g/mol. The maximum atomic E-state index is 5.94. The lowest BCUT2D eigenvalue weighted by Crippen LogP contribution is -2.40. The van der Waals surface area contributed by atoms with E-state index in [4.69, 9.17) is 16.5 Å². The molecule has 98 valence electrons. The van der Waals surface area contributed by atoms with E-state index in [1.807, 2.05) is 0 Å². The molecule has 0 aromatic heterocycles. The van der Waals surface area contributed by atoms with Gasteiger partial charge in [0.2, 0.25) is 0 Å². The van der Waals surface area contributed by atoms with Crippen molar-refractivity contribution in [2.75, 3.05) is 0 Å². The Morgan fingerprint density at radius 3 is 1.81 bits per heavy atom. The van der Waals surface area contributed by atoms with Crippen LogP contribution >= 0.6 is 0 Å². The molecule has 0 aromatic rings. The molecule has 0 saturated heterocycles. The van der Waals surface area contributed by atoms with E-state index in [-0.39, 0.29) is 9.76 Å². The van der Waals surface area contributed by atoms with Crippen LogP contribution in [-0.2, 0) is 16.5 Å². The molecule has 9 heteroatoms. The summed E-state index contributed by atoms with van der Waals surface area (Å²) in [6.07, 6.45) is 0. The number of rotatable bonds is 8. The highest BCUT2D eigenvalue weighted by atomic mass is 28.5. The molecule has 0 saturated carbocycles. The largest absolute Gasteiger partial charge is 0.444 e. The molecule has 0 spiro atoms. The Hall–Kier alpha value is 0.924. The molecule has 0 radical (unpaired) electrons. The van der Waals surface area contributed by atoms with Crippen molar-refractivity contribution in [2.45, 2.75) is 45.8 Å². The fourth-order valence-electron chi connectivity index (χ4n) is 1.37. The van der Waals surface area contributed by atoms with Gasteiger partial charge in [-0.05, 0) is 39.3 Å². The highest BCUT2D eigenvalue weighted by Crippen LogP contribution is 2.07. The summed E-state index contributed by atoms with van der Waals surface area (Å²) in [7, 11) is -6.20. The summed E-state index contributed by atoms with van der Waals surface area (Å²) < 4.78 is 23.2. The number of hydrogen-bond donors (Lipinski definition) is 0. The third-order valence-corrected chi connectivity index (χ3v) is 15.2. The second kappa shape index (κ2) is 8.10. The van der Waals surface area contributed by atoms with E-state index in [0.717, 1.165) is 0 Å². The Balaban J connectivity index is 3.82. The topological polar surface area (TPSA) is 36.9 Å². The zero-order valence-corrected chi connectivity index (χ0v) is 17.5. The van der Waals surface area contributed by atoms with E-state index >= 15 is 0 Å². The smallest absolute Gasteiger partial charge is 0.300 e. The van der Waals surface area contributed by atoms with Crippen molar-refractivity contribution < 1.29 is 16.5 Å². The van der Waals surface area contributed by atoms with E-state index in [2.05, 4.69) is 45.8 Å². The van der Waals surface area contributed by atoms with E-state index in [1.54, 1.807) is 0 Å². The first kappa shape index (κ1) is 16.9. The van der Waals surface area contributed by atoms with Gasteiger partial charge < -0.3 is 16.5 Å². The first-order valence-corrected chi connectivity index (χ1v) is 17.5. The molecular weight excluding hydrogens is 289 g/mol. The van der Waals surface area contributed by atoms with Crippen LogP contribution in [-0.4, -0.2) is 45.9 Å². The third-order valence-electron chi connectivity index (χ3n) is 1.69. The molecule has 0 aliphatic rings. The summed E-state index contributed by atoms with van der Waals surface area (Å²) in [5, 5.41) is 0. The van der Waals surface area contributed by atoms with E-state index in [1.165, 1.54) is 0 Å². The van der Waals surface area contributed by atoms with Gasteiger partial charge >= 0.3 is 0 Å². The van der Waals surface area contributed by atoms with Crippen molar-refractivity contribution in [2.24, 2.45) is 0 Å². The fourth-order valence-corrected chi connectivity index (χ4v) is 14.1. The van der Waals surface area contributed by atoms with Crippen LogP contribution in [0.4, 0.5) is 0 Å². The molecule has 0 aromatic carbocycles. The lowest BCUT2D eigenvalue weighted by molar-refractivity contribution is 0.354. The molecule has 0 heterocycles. The van der Waals surface area contributed by atoms with Crippen molar-refractivity contribution in [1.82, 2.24) is 0 Å². The maximum absolute atomic E-state index is 5.94. The van der Waals surface area contributed by atoms with Crippen molar-refractivity contribution >= 4 is 45.9 Å². The zero-order valence-electron chi connectivity index (χ0n) is 11.6. The van der Waals surface area contributed by atoms with Crippen LogP contribution in [0.25, 0.3) is 0 Å². The zero-order chi connectivity index (χ0) is 12.8. The molecule has 3 atom stereocenters. The van der Waals surface area contributed by atoms with Gasteiger partial charge in [-0.15, -0.1) is 0 Å². The second-order valence-corrected chi connectivity index (χ2v) is 17.3. The summed E-state index contributed by atoms with van der Waals surface area (Å²) in [6, 6.07) is 0. The van der Waals surface area contributed by atoms with Gasteiger partial charge in [0.05, 0.1) is 0 Å². The second-order valence-electron chi connectivity index (χ2n) is 4.66. The standard InChI is InChI=1S/C7H26O4Si5/c1-12-8-13(2)9-14(3)10-15(4)11-16(5,6)7/h13-15H,12H2,1-7H3. The summed E-state index contributed by atoms with van der Waals surface area (Å²) in [5.41, 5.74) is 0. The van der Waals surface area contributed by atoms with Gasteiger partial charge in [0, 0.05) is 0 Å². The minimum absolute atomic E-state index is 0.341. The third kappa shape index (κ3) is 10.1. The van der Waals surface area contributed by atoms with Crippen LogP contribution in [0.1, 0.15) is 0 Å². The molecule has 4 nitrogen and oxygen atoms in total. The molecule has 16 heavy (non-hydrogen) atoms. The molecule has 0 amide bonds.